The van der Waals surface area contributed by atoms with Crippen LogP contribution < -0.4 is 0 Å². The van der Waals surface area contributed by atoms with Gasteiger partial charge in [-0.15, -0.1) is 0 Å². The van der Waals surface area contributed by atoms with Gasteiger partial charge in [-0.25, -0.2) is 9.97 Å². The standard InChI is InChI=1S/C11H10N4O/c1-7-5-14-11(8(2)16)15-10(7)9-6-12-3-4-13-9/h3-6H,1-2H3. The Morgan fingerprint density at radius 1 is 1.19 bits per heavy atom. The van der Waals surface area contributed by atoms with Gasteiger partial charge in [0.1, 0.15) is 5.69 Å². The summed E-state index contributed by atoms with van der Waals surface area (Å²) in [6, 6.07) is 0. The van der Waals surface area contributed by atoms with Gasteiger partial charge in [-0.2, -0.15) is 0 Å². The third kappa shape index (κ3) is 1.93. The zero-order valence-electron chi connectivity index (χ0n) is 9.01. The number of hydrogen-bond donors (Lipinski definition) is 0. The van der Waals surface area contributed by atoms with Gasteiger partial charge in [0, 0.05) is 25.5 Å². The first-order valence-corrected chi connectivity index (χ1v) is 4.79. The molecule has 0 amide bonds. The summed E-state index contributed by atoms with van der Waals surface area (Å²) in [7, 11) is 0. The monoisotopic (exact) mass is 214 g/mol. The van der Waals surface area contributed by atoms with E-state index in [1.807, 2.05) is 6.92 Å². The first kappa shape index (κ1) is 10.4. The first-order chi connectivity index (χ1) is 7.68. The predicted molar refractivity (Wildman–Crippen MR) is 57.8 cm³/mol. The van der Waals surface area contributed by atoms with E-state index in [4.69, 9.17) is 0 Å². The minimum absolute atomic E-state index is 0.162. The Kier molecular flexibility index (Phi) is 2.68. The molecular formula is C11H10N4O. The number of aryl methyl sites for hydroxylation is 1. The molecule has 5 heteroatoms. The molecule has 2 rings (SSSR count). The van der Waals surface area contributed by atoms with Crippen LogP contribution in [-0.4, -0.2) is 25.7 Å². The van der Waals surface area contributed by atoms with Crippen LogP contribution in [0.3, 0.4) is 0 Å². The fraction of sp³-hybridized carbons (Fsp3) is 0.182. The molecule has 2 aromatic rings. The van der Waals surface area contributed by atoms with E-state index in [9.17, 15) is 4.79 Å². The molecule has 0 saturated carbocycles. The summed E-state index contributed by atoms with van der Waals surface area (Å²) in [6.45, 7) is 3.30. The van der Waals surface area contributed by atoms with Crippen LogP contribution in [0.25, 0.3) is 11.4 Å². The lowest BCUT2D eigenvalue weighted by molar-refractivity contribution is 0.100. The van der Waals surface area contributed by atoms with E-state index in [1.165, 1.54) is 6.92 Å². The van der Waals surface area contributed by atoms with Gasteiger partial charge in [-0.3, -0.25) is 14.8 Å². The second-order valence-electron chi connectivity index (χ2n) is 3.37. The number of carbonyl (C=O) groups is 1. The topological polar surface area (TPSA) is 68.6 Å². The van der Waals surface area contributed by atoms with E-state index in [1.54, 1.807) is 24.8 Å². The van der Waals surface area contributed by atoms with Crippen molar-refractivity contribution < 1.29 is 4.79 Å². The number of rotatable bonds is 2. The highest BCUT2D eigenvalue weighted by molar-refractivity contribution is 5.90. The van der Waals surface area contributed by atoms with E-state index in [2.05, 4.69) is 19.9 Å². The average Bonchev–Trinajstić information content (AvgIpc) is 2.30. The Labute approximate surface area is 92.6 Å². The van der Waals surface area contributed by atoms with Crippen LogP contribution in [0.2, 0.25) is 0 Å². The fourth-order valence-corrected chi connectivity index (χ4v) is 1.29. The SMILES string of the molecule is CC(=O)c1ncc(C)c(-c2cnccn2)n1. The van der Waals surface area contributed by atoms with Crippen LogP contribution in [-0.2, 0) is 0 Å². The highest BCUT2D eigenvalue weighted by Gasteiger charge is 2.10. The lowest BCUT2D eigenvalue weighted by Gasteiger charge is -2.04. The van der Waals surface area contributed by atoms with Crippen LogP contribution >= 0.6 is 0 Å². The lowest BCUT2D eigenvalue weighted by Crippen LogP contribution is -2.04. The van der Waals surface area contributed by atoms with Crippen molar-refractivity contribution in [2.75, 3.05) is 0 Å². The second kappa shape index (κ2) is 4.14. The minimum Gasteiger partial charge on any atom is -0.291 e. The highest BCUT2D eigenvalue weighted by atomic mass is 16.1. The molecule has 0 aliphatic rings. The van der Waals surface area contributed by atoms with Crippen molar-refractivity contribution in [3.05, 3.63) is 36.2 Å². The fourth-order valence-electron chi connectivity index (χ4n) is 1.29. The van der Waals surface area contributed by atoms with Crippen LogP contribution in [0.4, 0.5) is 0 Å². The van der Waals surface area contributed by atoms with Crippen molar-refractivity contribution in [3.8, 4) is 11.4 Å². The van der Waals surface area contributed by atoms with E-state index >= 15 is 0 Å². The molecule has 2 aromatic heterocycles. The molecule has 2 heterocycles. The Morgan fingerprint density at radius 2 is 2.00 bits per heavy atom. The van der Waals surface area contributed by atoms with Crippen LogP contribution in [0.5, 0.6) is 0 Å². The van der Waals surface area contributed by atoms with Gasteiger partial charge in [0.2, 0.25) is 0 Å². The molecule has 0 aliphatic heterocycles. The van der Waals surface area contributed by atoms with Crippen molar-refractivity contribution in [2.45, 2.75) is 13.8 Å². The van der Waals surface area contributed by atoms with Crippen LogP contribution in [0, 0.1) is 6.92 Å². The van der Waals surface area contributed by atoms with E-state index in [-0.39, 0.29) is 11.6 Å². The molecule has 0 unspecified atom stereocenters. The maximum atomic E-state index is 11.2. The summed E-state index contributed by atoms with van der Waals surface area (Å²) in [6.07, 6.45) is 6.41. The van der Waals surface area contributed by atoms with E-state index in [0.29, 0.717) is 11.4 Å². The maximum absolute atomic E-state index is 11.2. The average molecular weight is 214 g/mol. The number of carbonyl (C=O) groups excluding carboxylic acids is 1. The molecule has 80 valence electrons. The number of ketones is 1. The number of hydrogen-bond acceptors (Lipinski definition) is 5. The van der Waals surface area contributed by atoms with Gasteiger partial charge in [-0.1, -0.05) is 0 Å². The predicted octanol–water partition coefficient (Wildman–Crippen LogP) is 1.44. The summed E-state index contributed by atoms with van der Waals surface area (Å²) in [5, 5.41) is 0. The molecule has 5 nitrogen and oxygen atoms in total. The lowest BCUT2D eigenvalue weighted by atomic mass is 10.2. The van der Waals surface area contributed by atoms with Crippen molar-refractivity contribution in [1.29, 1.82) is 0 Å². The highest BCUT2D eigenvalue weighted by Crippen LogP contribution is 2.16. The van der Waals surface area contributed by atoms with Crippen LogP contribution in [0.1, 0.15) is 23.1 Å². The molecule has 0 aromatic carbocycles. The van der Waals surface area contributed by atoms with Gasteiger partial charge in [0.05, 0.1) is 11.9 Å². The van der Waals surface area contributed by atoms with Crippen molar-refractivity contribution in [3.63, 3.8) is 0 Å². The molecule has 0 fully saturated rings. The third-order valence-electron chi connectivity index (χ3n) is 2.09. The van der Waals surface area contributed by atoms with Gasteiger partial charge >= 0.3 is 0 Å². The van der Waals surface area contributed by atoms with Gasteiger partial charge in [-0.05, 0) is 12.5 Å². The van der Waals surface area contributed by atoms with Gasteiger partial charge in [0.25, 0.3) is 0 Å². The molecule has 0 radical (unpaired) electrons. The summed E-state index contributed by atoms with van der Waals surface area (Å²) >= 11 is 0. The second-order valence-corrected chi connectivity index (χ2v) is 3.37. The van der Waals surface area contributed by atoms with Gasteiger partial charge in [0.15, 0.2) is 11.6 Å². The number of nitrogens with zero attached hydrogens (tertiary/aromatic N) is 4. The number of aromatic nitrogens is 4. The van der Waals surface area contributed by atoms with Crippen molar-refractivity contribution in [2.24, 2.45) is 0 Å². The maximum Gasteiger partial charge on any atom is 0.196 e. The van der Waals surface area contributed by atoms with E-state index < -0.39 is 0 Å². The Balaban J connectivity index is 2.56. The summed E-state index contributed by atoms with van der Waals surface area (Å²) in [5.41, 5.74) is 2.16. The molecule has 0 spiro atoms. The third-order valence-corrected chi connectivity index (χ3v) is 2.09. The Hall–Kier alpha value is -2.17. The molecule has 0 aliphatic carbocycles. The van der Waals surface area contributed by atoms with Crippen molar-refractivity contribution in [1.82, 2.24) is 19.9 Å². The molecule has 0 atom stereocenters. The largest absolute Gasteiger partial charge is 0.291 e. The Morgan fingerprint density at radius 3 is 2.62 bits per heavy atom. The summed E-state index contributed by atoms with van der Waals surface area (Å²) in [4.78, 5) is 27.4. The van der Waals surface area contributed by atoms with Crippen molar-refractivity contribution >= 4 is 5.78 Å². The summed E-state index contributed by atoms with van der Waals surface area (Å²) < 4.78 is 0. The van der Waals surface area contributed by atoms with Crippen LogP contribution in [0.15, 0.2) is 24.8 Å². The molecule has 0 saturated heterocycles. The Bertz CT molecular complexity index is 525. The normalized spacial score (nSPS) is 10.1. The molecule has 0 bridgehead atoms. The molecular weight excluding hydrogens is 204 g/mol. The van der Waals surface area contributed by atoms with E-state index in [0.717, 1.165) is 5.56 Å². The zero-order valence-corrected chi connectivity index (χ0v) is 9.01. The molecule has 0 N–H and O–H groups in total. The molecule has 16 heavy (non-hydrogen) atoms. The van der Waals surface area contributed by atoms with Gasteiger partial charge < -0.3 is 0 Å². The number of Topliss-reactive ketones (excluding diaryl/α,β-unsaturated/α-hetero) is 1. The summed E-state index contributed by atoms with van der Waals surface area (Å²) in [5.74, 6) is 0.0383. The smallest absolute Gasteiger partial charge is 0.196 e. The quantitative estimate of drug-likeness (QED) is 0.707. The minimum atomic E-state index is -0.162. The zero-order chi connectivity index (χ0) is 11.5. The first-order valence-electron chi connectivity index (χ1n) is 4.79.